The molecule has 0 aliphatic heterocycles. The fraction of sp³-hybridized carbons (Fsp3) is 0.364. The first-order chi connectivity index (χ1) is 7.24. The van der Waals surface area contributed by atoms with Crippen molar-refractivity contribution in [1.82, 2.24) is 4.98 Å². The Morgan fingerprint density at radius 2 is 2.27 bits per heavy atom. The number of benzene rings is 1. The average molecular weight is 267 g/mol. The van der Waals surface area contributed by atoms with E-state index in [4.69, 9.17) is 10.2 Å². The van der Waals surface area contributed by atoms with Gasteiger partial charge in [0, 0.05) is 4.47 Å². The van der Waals surface area contributed by atoms with Gasteiger partial charge in [0.1, 0.15) is 5.52 Å². The largest absolute Gasteiger partial charge is 0.439 e. The van der Waals surface area contributed by atoms with Crippen molar-refractivity contribution in [3.05, 3.63) is 28.6 Å². The molecule has 2 aromatic rings. The Balaban J connectivity index is 2.05. The normalized spacial score (nSPS) is 18.3. The molecule has 1 aliphatic rings. The molecule has 1 aromatic heterocycles. The highest BCUT2D eigenvalue weighted by atomic mass is 79.9. The Morgan fingerprint density at radius 3 is 3.00 bits per heavy atom. The van der Waals surface area contributed by atoms with E-state index in [0.29, 0.717) is 11.8 Å². The van der Waals surface area contributed by atoms with Crippen LogP contribution in [0.25, 0.3) is 11.1 Å². The molecule has 0 amide bonds. The quantitative estimate of drug-likeness (QED) is 0.909. The standard InChI is InChI=1S/C11H11BrN2O/c12-7-3-4-9-8(5-7)14-11(15-9)10(13)6-1-2-6/h3-6,10H,1-2,13H2. The van der Waals surface area contributed by atoms with Gasteiger partial charge in [-0.15, -0.1) is 0 Å². The summed E-state index contributed by atoms with van der Waals surface area (Å²) in [6.45, 7) is 0. The third-order valence-corrected chi connectivity index (χ3v) is 3.27. The molecule has 1 unspecified atom stereocenters. The van der Waals surface area contributed by atoms with E-state index >= 15 is 0 Å². The van der Waals surface area contributed by atoms with Crippen molar-refractivity contribution in [2.24, 2.45) is 11.7 Å². The summed E-state index contributed by atoms with van der Waals surface area (Å²) in [5.41, 5.74) is 7.71. The van der Waals surface area contributed by atoms with Crippen LogP contribution in [0.15, 0.2) is 27.1 Å². The van der Waals surface area contributed by atoms with Gasteiger partial charge >= 0.3 is 0 Å². The van der Waals surface area contributed by atoms with Gasteiger partial charge in [0.25, 0.3) is 0 Å². The SMILES string of the molecule is NC(c1nc2cc(Br)ccc2o1)C1CC1. The number of hydrogen-bond acceptors (Lipinski definition) is 3. The summed E-state index contributed by atoms with van der Waals surface area (Å²) in [4.78, 5) is 4.41. The summed E-state index contributed by atoms with van der Waals surface area (Å²) in [5, 5.41) is 0. The summed E-state index contributed by atoms with van der Waals surface area (Å²) in [6, 6.07) is 5.77. The number of oxazole rings is 1. The Bertz CT molecular complexity index is 504. The fourth-order valence-electron chi connectivity index (χ4n) is 1.72. The molecule has 1 heterocycles. The van der Waals surface area contributed by atoms with Crippen LogP contribution in [-0.2, 0) is 0 Å². The maximum atomic E-state index is 6.03. The van der Waals surface area contributed by atoms with Crippen molar-refractivity contribution in [2.75, 3.05) is 0 Å². The molecule has 1 aliphatic carbocycles. The van der Waals surface area contributed by atoms with E-state index in [1.807, 2.05) is 18.2 Å². The second kappa shape index (κ2) is 3.32. The molecule has 1 atom stereocenters. The maximum Gasteiger partial charge on any atom is 0.212 e. The minimum absolute atomic E-state index is 0.0313. The number of aromatic nitrogens is 1. The lowest BCUT2D eigenvalue weighted by atomic mass is 10.2. The van der Waals surface area contributed by atoms with E-state index in [1.165, 1.54) is 12.8 Å². The fourth-order valence-corrected chi connectivity index (χ4v) is 2.07. The molecule has 3 nitrogen and oxygen atoms in total. The molecule has 1 aromatic carbocycles. The van der Waals surface area contributed by atoms with Crippen LogP contribution < -0.4 is 5.73 Å². The molecule has 0 saturated heterocycles. The molecule has 4 heteroatoms. The molecule has 0 bridgehead atoms. The van der Waals surface area contributed by atoms with E-state index in [0.717, 1.165) is 15.6 Å². The molecule has 0 radical (unpaired) electrons. The predicted molar refractivity (Wildman–Crippen MR) is 61.4 cm³/mol. The first kappa shape index (κ1) is 9.36. The summed E-state index contributed by atoms with van der Waals surface area (Å²) in [5.74, 6) is 1.24. The van der Waals surface area contributed by atoms with Crippen LogP contribution >= 0.6 is 15.9 Å². The van der Waals surface area contributed by atoms with Crippen LogP contribution in [0.2, 0.25) is 0 Å². The molecule has 0 spiro atoms. The van der Waals surface area contributed by atoms with Crippen molar-refractivity contribution in [1.29, 1.82) is 0 Å². The molecular formula is C11H11BrN2O. The van der Waals surface area contributed by atoms with Crippen molar-refractivity contribution < 1.29 is 4.42 Å². The molecule has 15 heavy (non-hydrogen) atoms. The smallest absolute Gasteiger partial charge is 0.212 e. The second-order valence-electron chi connectivity index (χ2n) is 4.03. The van der Waals surface area contributed by atoms with Gasteiger partial charge in [-0.3, -0.25) is 0 Å². The van der Waals surface area contributed by atoms with Crippen LogP contribution in [0.1, 0.15) is 24.8 Å². The lowest BCUT2D eigenvalue weighted by Crippen LogP contribution is -2.12. The van der Waals surface area contributed by atoms with Crippen LogP contribution in [0.3, 0.4) is 0 Å². The number of fused-ring (bicyclic) bond motifs is 1. The lowest BCUT2D eigenvalue weighted by molar-refractivity contribution is 0.448. The van der Waals surface area contributed by atoms with Crippen LogP contribution in [0, 0.1) is 5.92 Å². The summed E-state index contributed by atoms with van der Waals surface area (Å²) in [6.07, 6.45) is 2.40. The van der Waals surface area contributed by atoms with Gasteiger partial charge in [0.15, 0.2) is 5.58 Å². The van der Waals surface area contributed by atoms with Gasteiger partial charge in [0.2, 0.25) is 5.89 Å². The van der Waals surface area contributed by atoms with Gasteiger partial charge in [-0.05, 0) is 37.0 Å². The zero-order chi connectivity index (χ0) is 10.4. The van der Waals surface area contributed by atoms with E-state index in [2.05, 4.69) is 20.9 Å². The van der Waals surface area contributed by atoms with E-state index in [-0.39, 0.29) is 6.04 Å². The molecule has 1 fully saturated rings. The van der Waals surface area contributed by atoms with E-state index < -0.39 is 0 Å². The van der Waals surface area contributed by atoms with Gasteiger partial charge < -0.3 is 10.2 Å². The van der Waals surface area contributed by atoms with Crippen LogP contribution in [0.4, 0.5) is 0 Å². The Morgan fingerprint density at radius 1 is 1.47 bits per heavy atom. The Hall–Kier alpha value is -0.870. The van der Waals surface area contributed by atoms with E-state index in [1.54, 1.807) is 0 Å². The first-order valence-corrected chi connectivity index (χ1v) is 5.85. The monoisotopic (exact) mass is 266 g/mol. The third kappa shape index (κ3) is 1.68. The topological polar surface area (TPSA) is 52.0 Å². The van der Waals surface area contributed by atoms with Crippen molar-refractivity contribution in [3.8, 4) is 0 Å². The van der Waals surface area contributed by atoms with Crippen molar-refractivity contribution in [3.63, 3.8) is 0 Å². The van der Waals surface area contributed by atoms with Gasteiger partial charge in [-0.25, -0.2) is 4.98 Å². The second-order valence-corrected chi connectivity index (χ2v) is 4.94. The first-order valence-electron chi connectivity index (χ1n) is 5.05. The zero-order valence-corrected chi connectivity index (χ0v) is 9.70. The zero-order valence-electron chi connectivity index (χ0n) is 8.11. The molecule has 3 rings (SSSR count). The number of nitrogens with zero attached hydrogens (tertiary/aromatic N) is 1. The minimum Gasteiger partial charge on any atom is -0.439 e. The van der Waals surface area contributed by atoms with Gasteiger partial charge in [0.05, 0.1) is 6.04 Å². The van der Waals surface area contributed by atoms with E-state index in [9.17, 15) is 0 Å². The van der Waals surface area contributed by atoms with Crippen LogP contribution in [0.5, 0.6) is 0 Å². The average Bonchev–Trinajstić information content (AvgIpc) is 2.97. The number of rotatable bonds is 2. The van der Waals surface area contributed by atoms with Gasteiger partial charge in [-0.1, -0.05) is 15.9 Å². The predicted octanol–water partition coefficient (Wildman–Crippen LogP) is 3.00. The van der Waals surface area contributed by atoms with Crippen LogP contribution in [-0.4, -0.2) is 4.98 Å². The minimum atomic E-state index is -0.0313. The molecule has 78 valence electrons. The number of hydrogen-bond donors (Lipinski definition) is 1. The highest BCUT2D eigenvalue weighted by Gasteiger charge is 2.32. The summed E-state index contributed by atoms with van der Waals surface area (Å²) >= 11 is 3.41. The summed E-state index contributed by atoms with van der Waals surface area (Å²) < 4.78 is 6.64. The molecule has 2 N–H and O–H groups in total. The number of halogens is 1. The maximum absolute atomic E-state index is 6.03. The lowest BCUT2D eigenvalue weighted by Gasteiger charge is -2.02. The molecule has 1 saturated carbocycles. The van der Waals surface area contributed by atoms with Crippen molar-refractivity contribution in [2.45, 2.75) is 18.9 Å². The molecular weight excluding hydrogens is 256 g/mol. The highest BCUT2D eigenvalue weighted by molar-refractivity contribution is 9.10. The Kier molecular flexibility index (Phi) is 2.07. The summed E-state index contributed by atoms with van der Waals surface area (Å²) in [7, 11) is 0. The van der Waals surface area contributed by atoms with Gasteiger partial charge in [-0.2, -0.15) is 0 Å². The Labute approximate surface area is 95.8 Å². The third-order valence-electron chi connectivity index (χ3n) is 2.78. The van der Waals surface area contributed by atoms with Crippen molar-refractivity contribution >= 4 is 27.0 Å². The number of nitrogens with two attached hydrogens (primary N) is 1. The highest BCUT2D eigenvalue weighted by Crippen LogP contribution is 2.39.